The smallest absolute Gasteiger partial charge is 0.257 e. The molecule has 1 aliphatic heterocycles. The number of carbonyl (C=O) groups is 4. The summed E-state index contributed by atoms with van der Waals surface area (Å²) >= 11 is 0. The average Bonchev–Trinajstić information content (AvgIpc) is 2.74. The van der Waals surface area contributed by atoms with Crippen molar-refractivity contribution in [2.45, 2.75) is 32.7 Å². The molecule has 0 saturated heterocycles. The molecular weight excluding hydrogens is 374 g/mol. The summed E-state index contributed by atoms with van der Waals surface area (Å²) in [5.41, 5.74) is 11.6. The minimum Gasteiger partial charge on any atom is -0.368 e. The number of primary amides is 1. The zero-order valence-corrected chi connectivity index (χ0v) is 16.9. The quantitative estimate of drug-likeness (QED) is 0.539. The van der Waals surface area contributed by atoms with Crippen molar-refractivity contribution < 1.29 is 19.2 Å². The number of nitrogens with zero attached hydrogens (tertiary/aromatic N) is 2. The van der Waals surface area contributed by atoms with Gasteiger partial charge in [0.2, 0.25) is 17.7 Å². The predicted octanol–water partition coefficient (Wildman–Crippen LogP) is 0.158. The van der Waals surface area contributed by atoms with Crippen LogP contribution in [-0.2, 0) is 14.4 Å². The van der Waals surface area contributed by atoms with E-state index in [1.165, 1.54) is 9.80 Å². The Morgan fingerprint density at radius 2 is 1.93 bits per heavy atom. The van der Waals surface area contributed by atoms with Crippen molar-refractivity contribution in [3.63, 3.8) is 0 Å². The third-order valence-corrected chi connectivity index (χ3v) is 4.63. The number of nitrogens with one attached hydrogen (secondary N) is 1. The van der Waals surface area contributed by atoms with Crippen LogP contribution in [0, 0.1) is 5.92 Å². The number of fused-ring (bicyclic) bond motifs is 1. The van der Waals surface area contributed by atoms with Gasteiger partial charge in [0.1, 0.15) is 12.6 Å². The number of anilines is 1. The molecule has 0 bridgehead atoms. The Bertz CT molecular complexity index is 780. The average molecular weight is 403 g/mol. The van der Waals surface area contributed by atoms with Gasteiger partial charge in [-0.15, -0.1) is 0 Å². The van der Waals surface area contributed by atoms with Crippen LogP contribution in [0.3, 0.4) is 0 Å². The van der Waals surface area contributed by atoms with Crippen molar-refractivity contribution in [3.05, 3.63) is 29.8 Å². The van der Waals surface area contributed by atoms with E-state index in [9.17, 15) is 19.2 Å². The molecule has 2 rings (SSSR count). The number of carbonyl (C=O) groups excluding carboxylic acids is 4. The van der Waals surface area contributed by atoms with Crippen LogP contribution in [0.2, 0.25) is 0 Å². The Kier molecular flexibility index (Phi) is 7.72. The molecule has 1 atom stereocenters. The zero-order valence-electron chi connectivity index (χ0n) is 16.9. The van der Waals surface area contributed by atoms with Gasteiger partial charge in [0.25, 0.3) is 5.91 Å². The Labute approximate surface area is 170 Å². The second-order valence-electron chi connectivity index (χ2n) is 7.55. The van der Waals surface area contributed by atoms with Gasteiger partial charge in [0, 0.05) is 6.54 Å². The fraction of sp³-hybridized carbons (Fsp3) is 0.500. The van der Waals surface area contributed by atoms with Gasteiger partial charge in [-0.3, -0.25) is 19.2 Å². The van der Waals surface area contributed by atoms with Crippen molar-refractivity contribution in [1.82, 2.24) is 9.80 Å². The number of benzene rings is 1. The second kappa shape index (κ2) is 10.0. The predicted molar refractivity (Wildman–Crippen MR) is 109 cm³/mol. The van der Waals surface area contributed by atoms with Crippen LogP contribution >= 0.6 is 0 Å². The van der Waals surface area contributed by atoms with Gasteiger partial charge in [-0.05, 0) is 37.4 Å². The second-order valence-corrected chi connectivity index (χ2v) is 7.55. The van der Waals surface area contributed by atoms with E-state index in [2.05, 4.69) is 5.32 Å². The normalized spacial score (nSPS) is 16.3. The highest BCUT2D eigenvalue weighted by atomic mass is 16.2. The fourth-order valence-electron chi connectivity index (χ4n) is 3.34. The molecule has 4 amide bonds. The van der Waals surface area contributed by atoms with Gasteiger partial charge in [0.15, 0.2) is 0 Å². The highest BCUT2D eigenvalue weighted by Crippen LogP contribution is 2.25. The SMILES string of the molecule is CC(C)CN(CC(N)=O)C(=O)CN1C(=O)c2ccccc2NC(=O)[C@@H]1CCCN. The van der Waals surface area contributed by atoms with E-state index in [1.807, 2.05) is 13.8 Å². The van der Waals surface area contributed by atoms with Crippen LogP contribution in [0.25, 0.3) is 0 Å². The molecular formula is C20H29N5O4. The van der Waals surface area contributed by atoms with Crippen LogP contribution < -0.4 is 16.8 Å². The monoisotopic (exact) mass is 403 g/mol. The van der Waals surface area contributed by atoms with Gasteiger partial charge in [-0.25, -0.2) is 0 Å². The van der Waals surface area contributed by atoms with Crippen LogP contribution in [0.5, 0.6) is 0 Å². The molecule has 0 aromatic heterocycles. The summed E-state index contributed by atoms with van der Waals surface area (Å²) in [6, 6.07) is 5.84. The van der Waals surface area contributed by atoms with E-state index >= 15 is 0 Å². The van der Waals surface area contributed by atoms with Crippen LogP contribution in [0.4, 0.5) is 5.69 Å². The Morgan fingerprint density at radius 1 is 1.24 bits per heavy atom. The third kappa shape index (κ3) is 5.77. The summed E-state index contributed by atoms with van der Waals surface area (Å²) in [6.07, 6.45) is 0.846. The van der Waals surface area contributed by atoms with Crippen molar-refractivity contribution in [2.24, 2.45) is 17.4 Å². The lowest BCUT2D eigenvalue weighted by molar-refractivity contribution is -0.137. The molecule has 9 heteroatoms. The lowest BCUT2D eigenvalue weighted by atomic mass is 10.1. The summed E-state index contributed by atoms with van der Waals surface area (Å²) in [5.74, 6) is -1.75. The van der Waals surface area contributed by atoms with Gasteiger partial charge in [-0.2, -0.15) is 0 Å². The maximum atomic E-state index is 13.2. The van der Waals surface area contributed by atoms with Crippen molar-refractivity contribution in [3.8, 4) is 0 Å². The summed E-state index contributed by atoms with van der Waals surface area (Å²) in [7, 11) is 0. The molecule has 9 nitrogen and oxygen atoms in total. The number of hydrogen-bond donors (Lipinski definition) is 3. The number of hydrogen-bond acceptors (Lipinski definition) is 5. The molecule has 0 unspecified atom stereocenters. The van der Waals surface area contributed by atoms with E-state index < -0.39 is 23.8 Å². The first-order chi connectivity index (χ1) is 13.7. The molecule has 0 spiro atoms. The largest absolute Gasteiger partial charge is 0.368 e. The van der Waals surface area contributed by atoms with Gasteiger partial charge in [-0.1, -0.05) is 26.0 Å². The minimum absolute atomic E-state index is 0.107. The van der Waals surface area contributed by atoms with Gasteiger partial charge < -0.3 is 26.6 Å². The zero-order chi connectivity index (χ0) is 21.6. The first-order valence-electron chi connectivity index (χ1n) is 9.71. The van der Waals surface area contributed by atoms with Gasteiger partial charge in [0.05, 0.1) is 17.8 Å². The van der Waals surface area contributed by atoms with E-state index in [4.69, 9.17) is 11.5 Å². The number of rotatable bonds is 9. The molecule has 0 aliphatic carbocycles. The van der Waals surface area contributed by atoms with Crippen LogP contribution in [0.1, 0.15) is 37.0 Å². The lowest BCUT2D eigenvalue weighted by Gasteiger charge is -2.31. The highest BCUT2D eigenvalue weighted by molar-refractivity contribution is 6.10. The summed E-state index contributed by atoms with van der Waals surface area (Å²) in [4.78, 5) is 52.9. The van der Waals surface area contributed by atoms with Crippen LogP contribution in [-0.4, -0.2) is 65.6 Å². The molecule has 5 N–H and O–H groups in total. The van der Waals surface area contributed by atoms with Crippen molar-refractivity contribution in [2.75, 3.05) is 31.5 Å². The lowest BCUT2D eigenvalue weighted by Crippen LogP contribution is -2.52. The first-order valence-corrected chi connectivity index (χ1v) is 9.71. The molecule has 1 heterocycles. The molecule has 158 valence electrons. The highest BCUT2D eigenvalue weighted by Gasteiger charge is 2.36. The van der Waals surface area contributed by atoms with Crippen LogP contribution in [0.15, 0.2) is 24.3 Å². The fourth-order valence-corrected chi connectivity index (χ4v) is 3.34. The number of para-hydroxylation sites is 1. The summed E-state index contributed by atoms with van der Waals surface area (Å²) in [6.45, 7) is 3.93. The number of amides is 4. The minimum atomic E-state index is -0.836. The molecule has 0 saturated carbocycles. The molecule has 1 aromatic carbocycles. The maximum absolute atomic E-state index is 13.2. The first kappa shape index (κ1) is 22.4. The molecule has 1 aromatic rings. The van der Waals surface area contributed by atoms with Crippen molar-refractivity contribution in [1.29, 1.82) is 0 Å². The van der Waals surface area contributed by atoms with E-state index in [1.54, 1.807) is 24.3 Å². The molecule has 29 heavy (non-hydrogen) atoms. The molecule has 0 radical (unpaired) electrons. The summed E-state index contributed by atoms with van der Waals surface area (Å²) in [5, 5.41) is 2.77. The van der Waals surface area contributed by atoms with E-state index in [0.29, 0.717) is 37.2 Å². The number of nitrogens with two attached hydrogens (primary N) is 2. The molecule has 0 fully saturated rings. The van der Waals surface area contributed by atoms with Gasteiger partial charge >= 0.3 is 0 Å². The van der Waals surface area contributed by atoms with Crippen molar-refractivity contribution >= 4 is 29.3 Å². The standard InChI is InChI=1S/C20H29N5O4/c1-13(2)10-24(11-17(22)26)18(27)12-25-16(8-5-9-21)19(28)23-15-7-4-3-6-14(15)20(25)29/h3-4,6-7,13,16H,5,8-12,21H2,1-2H3,(H2,22,26)(H,23,28)/t16-/m0/s1. The Morgan fingerprint density at radius 3 is 2.55 bits per heavy atom. The Balaban J connectivity index is 2.35. The topological polar surface area (TPSA) is 139 Å². The Hall–Kier alpha value is -2.94. The molecule has 1 aliphatic rings. The summed E-state index contributed by atoms with van der Waals surface area (Å²) < 4.78 is 0. The van der Waals surface area contributed by atoms with E-state index in [0.717, 1.165) is 0 Å². The van der Waals surface area contributed by atoms with E-state index in [-0.39, 0.29) is 24.9 Å². The maximum Gasteiger partial charge on any atom is 0.257 e. The third-order valence-electron chi connectivity index (χ3n) is 4.63.